The van der Waals surface area contributed by atoms with Crippen molar-refractivity contribution in [1.82, 2.24) is 0 Å². The van der Waals surface area contributed by atoms with E-state index in [9.17, 15) is 0 Å². The lowest BCUT2D eigenvalue weighted by atomic mass is 9.76. The standard InChI is InChI=1S/C15H20BrClO2/c1-3-19-11-5-6-12(13(16)9-11)14(17)10-15(18-2)7-4-8-15/h5-6,9,14H,3-4,7-8,10H2,1-2H3. The Bertz CT molecular complexity index is 427. The molecule has 0 N–H and O–H groups in total. The van der Waals surface area contributed by atoms with Gasteiger partial charge in [-0.2, -0.15) is 0 Å². The molecule has 1 aliphatic rings. The van der Waals surface area contributed by atoms with Gasteiger partial charge in [0.05, 0.1) is 17.6 Å². The maximum Gasteiger partial charge on any atom is 0.120 e. The average Bonchev–Trinajstić information content (AvgIpc) is 2.34. The highest BCUT2D eigenvalue weighted by atomic mass is 79.9. The summed E-state index contributed by atoms with van der Waals surface area (Å²) in [5, 5.41) is -0.0368. The Kier molecular flexibility index (Phi) is 5.15. The fourth-order valence-electron chi connectivity index (χ4n) is 2.52. The van der Waals surface area contributed by atoms with Gasteiger partial charge in [0.1, 0.15) is 5.75 Å². The quantitative estimate of drug-likeness (QED) is 0.668. The lowest BCUT2D eigenvalue weighted by molar-refractivity contribution is -0.0780. The van der Waals surface area contributed by atoms with Crippen LogP contribution in [-0.4, -0.2) is 19.3 Å². The van der Waals surface area contributed by atoms with E-state index in [4.69, 9.17) is 21.1 Å². The van der Waals surface area contributed by atoms with E-state index in [1.165, 1.54) is 6.42 Å². The first-order valence-electron chi connectivity index (χ1n) is 6.72. The predicted molar refractivity (Wildman–Crippen MR) is 82.1 cm³/mol. The Hall–Kier alpha value is -0.250. The number of methoxy groups -OCH3 is 1. The van der Waals surface area contributed by atoms with Gasteiger partial charge in [0, 0.05) is 11.6 Å². The predicted octanol–water partition coefficient (Wildman–Crippen LogP) is 5.09. The summed E-state index contributed by atoms with van der Waals surface area (Å²) in [6.45, 7) is 2.65. The van der Waals surface area contributed by atoms with E-state index in [2.05, 4.69) is 15.9 Å². The van der Waals surface area contributed by atoms with Crippen LogP contribution < -0.4 is 4.74 Å². The first kappa shape index (κ1) is 15.1. The van der Waals surface area contributed by atoms with Gasteiger partial charge in [0.25, 0.3) is 0 Å². The molecular weight excluding hydrogens is 328 g/mol. The molecule has 106 valence electrons. The molecular formula is C15H20BrClO2. The SMILES string of the molecule is CCOc1ccc(C(Cl)CC2(OC)CCC2)c(Br)c1. The van der Waals surface area contributed by atoms with E-state index in [1.54, 1.807) is 7.11 Å². The highest BCUT2D eigenvalue weighted by Gasteiger charge is 2.39. The van der Waals surface area contributed by atoms with Gasteiger partial charge in [-0.05, 0) is 50.3 Å². The Balaban J connectivity index is 2.08. The summed E-state index contributed by atoms with van der Waals surface area (Å²) in [5.41, 5.74) is 1.10. The third kappa shape index (κ3) is 3.45. The van der Waals surface area contributed by atoms with E-state index >= 15 is 0 Å². The molecule has 0 spiro atoms. The largest absolute Gasteiger partial charge is 0.494 e. The van der Waals surface area contributed by atoms with Crippen LogP contribution >= 0.6 is 27.5 Å². The molecule has 19 heavy (non-hydrogen) atoms. The first-order valence-corrected chi connectivity index (χ1v) is 7.94. The Morgan fingerprint density at radius 3 is 2.63 bits per heavy atom. The molecule has 1 unspecified atom stereocenters. The average molecular weight is 348 g/mol. The van der Waals surface area contributed by atoms with Crippen molar-refractivity contribution in [2.24, 2.45) is 0 Å². The molecule has 0 aliphatic heterocycles. The Morgan fingerprint density at radius 2 is 2.16 bits per heavy atom. The summed E-state index contributed by atoms with van der Waals surface area (Å²) in [6.07, 6.45) is 4.32. The summed E-state index contributed by atoms with van der Waals surface area (Å²) in [6, 6.07) is 5.99. The lowest BCUT2D eigenvalue weighted by Gasteiger charge is -2.42. The normalized spacial score (nSPS) is 18.7. The topological polar surface area (TPSA) is 18.5 Å². The minimum Gasteiger partial charge on any atom is -0.494 e. The highest BCUT2D eigenvalue weighted by molar-refractivity contribution is 9.10. The zero-order chi connectivity index (χ0) is 13.9. The van der Waals surface area contributed by atoms with E-state index in [0.717, 1.165) is 35.0 Å². The van der Waals surface area contributed by atoms with Crippen LogP contribution in [0.1, 0.15) is 43.5 Å². The smallest absolute Gasteiger partial charge is 0.120 e. The molecule has 1 aromatic carbocycles. The van der Waals surface area contributed by atoms with Crippen molar-refractivity contribution in [3.8, 4) is 5.75 Å². The van der Waals surface area contributed by atoms with Crippen LogP contribution in [0.3, 0.4) is 0 Å². The summed E-state index contributed by atoms with van der Waals surface area (Å²) in [4.78, 5) is 0. The fraction of sp³-hybridized carbons (Fsp3) is 0.600. The van der Waals surface area contributed by atoms with Gasteiger partial charge in [0.2, 0.25) is 0 Å². The van der Waals surface area contributed by atoms with E-state index < -0.39 is 0 Å². The Morgan fingerprint density at radius 1 is 1.42 bits per heavy atom. The molecule has 1 fully saturated rings. The first-order chi connectivity index (χ1) is 9.10. The number of ether oxygens (including phenoxy) is 2. The molecule has 4 heteroatoms. The minimum absolute atomic E-state index is 0.00948. The van der Waals surface area contributed by atoms with Gasteiger partial charge < -0.3 is 9.47 Å². The summed E-state index contributed by atoms with van der Waals surface area (Å²) in [5.74, 6) is 0.868. The third-order valence-electron chi connectivity index (χ3n) is 3.87. The second kappa shape index (κ2) is 6.47. The van der Waals surface area contributed by atoms with Crippen LogP contribution in [0.5, 0.6) is 5.75 Å². The zero-order valence-corrected chi connectivity index (χ0v) is 13.8. The van der Waals surface area contributed by atoms with Crippen molar-refractivity contribution in [3.05, 3.63) is 28.2 Å². The monoisotopic (exact) mass is 346 g/mol. The van der Waals surface area contributed by atoms with E-state index in [1.807, 2.05) is 25.1 Å². The van der Waals surface area contributed by atoms with Crippen LogP contribution in [0.25, 0.3) is 0 Å². The van der Waals surface area contributed by atoms with Gasteiger partial charge in [-0.15, -0.1) is 11.6 Å². The molecule has 2 rings (SSSR count). The number of alkyl halides is 1. The maximum atomic E-state index is 6.57. The van der Waals surface area contributed by atoms with Gasteiger partial charge >= 0.3 is 0 Å². The molecule has 0 radical (unpaired) electrons. The Labute approximate surface area is 128 Å². The summed E-state index contributed by atoms with van der Waals surface area (Å²) < 4.78 is 12.1. The van der Waals surface area contributed by atoms with Gasteiger partial charge in [0.15, 0.2) is 0 Å². The molecule has 0 heterocycles. The van der Waals surface area contributed by atoms with Crippen LogP contribution in [0, 0.1) is 0 Å². The molecule has 0 saturated heterocycles. The maximum absolute atomic E-state index is 6.57. The van der Waals surface area contributed by atoms with Crippen LogP contribution in [0.2, 0.25) is 0 Å². The second-order valence-electron chi connectivity index (χ2n) is 5.03. The molecule has 1 aliphatic carbocycles. The minimum atomic E-state index is -0.0368. The van der Waals surface area contributed by atoms with Crippen molar-refractivity contribution < 1.29 is 9.47 Å². The van der Waals surface area contributed by atoms with Crippen LogP contribution in [0.4, 0.5) is 0 Å². The van der Waals surface area contributed by atoms with Crippen molar-refractivity contribution >= 4 is 27.5 Å². The molecule has 1 aromatic rings. The van der Waals surface area contributed by atoms with E-state index in [-0.39, 0.29) is 11.0 Å². The van der Waals surface area contributed by atoms with Crippen molar-refractivity contribution in [3.63, 3.8) is 0 Å². The van der Waals surface area contributed by atoms with E-state index in [0.29, 0.717) is 6.61 Å². The van der Waals surface area contributed by atoms with Gasteiger partial charge in [-0.3, -0.25) is 0 Å². The number of rotatable bonds is 6. The number of hydrogen-bond acceptors (Lipinski definition) is 2. The third-order valence-corrected chi connectivity index (χ3v) is 4.95. The molecule has 1 saturated carbocycles. The van der Waals surface area contributed by atoms with Crippen LogP contribution in [-0.2, 0) is 4.74 Å². The fourth-order valence-corrected chi connectivity index (χ4v) is 3.76. The lowest BCUT2D eigenvalue weighted by Crippen LogP contribution is -2.39. The number of benzene rings is 1. The molecule has 0 amide bonds. The second-order valence-corrected chi connectivity index (χ2v) is 6.41. The molecule has 1 atom stereocenters. The molecule has 0 bridgehead atoms. The van der Waals surface area contributed by atoms with Gasteiger partial charge in [-0.1, -0.05) is 22.0 Å². The molecule has 2 nitrogen and oxygen atoms in total. The van der Waals surface area contributed by atoms with Gasteiger partial charge in [-0.25, -0.2) is 0 Å². The highest BCUT2D eigenvalue weighted by Crippen LogP contribution is 2.45. The van der Waals surface area contributed by atoms with Crippen molar-refractivity contribution in [2.75, 3.05) is 13.7 Å². The van der Waals surface area contributed by atoms with Crippen molar-refractivity contribution in [2.45, 2.75) is 43.6 Å². The zero-order valence-electron chi connectivity index (χ0n) is 11.4. The summed E-state index contributed by atoms with van der Waals surface area (Å²) in [7, 11) is 1.79. The number of hydrogen-bond donors (Lipinski definition) is 0. The van der Waals surface area contributed by atoms with Crippen molar-refractivity contribution in [1.29, 1.82) is 0 Å². The summed E-state index contributed by atoms with van der Waals surface area (Å²) >= 11 is 10.1. The van der Waals surface area contributed by atoms with Crippen LogP contribution in [0.15, 0.2) is 22.7 Å². The number of halogens is 2. The molecule has 0 aromatic heterocycles.